The molecule has 1 aromatic carbocycles. The van der Waals surface area contributed by atoms with E-state index < -0.39 is 48.2 Å². The Bertz CT molecular complexity index is 982. The quantitative estimate of drug-likeness (QED) is 0.441. The average molecular weight is 432 g/mol. The van der Waals surface area contributed by atoms with Gasteiger partial charge in [0.05, 0.1) is 5.56 Å². The second-order valence-electron chi connectivity index (χ2n) is 6.21. The zero-order valence-corrected chi connectivity index (χ0v) is 14.8. The molecule has 14 heteroatoms. The van der Waals surface area contributed by atoms with Crippen LogP contribution in [0.4, 0.5) is 29.5 Å². The standard InChI is InChI=1S/C16H15F3N4O7/c17-16(18,19)7-1-3-8(4-2-7)23(15(27)28)13-11(25)10(24)12(30-13)22-6-5-9(21-29)20-14(22)26/h1-6,10-13,24-25,29H,(H,27,28)(H,20,21,26)/t10-,11+,12-,13-/m1/s1. The Morgan fingerprint density at radius 3 is 2.30 bits per heavy atom. The molecule has 0 aliphatic carbocycles. The number of ether oxygens (including phenoxy) is 1. The number of carbonyl (C=O) groups is 1. The fraction of sp³-hybridized carbons (Fsp3) is 0.312. The van der Waals surface area contributed by atoms with Crippen LogP contribution in [0.1, 0.15) is 11.8 Å². The number of hydrogen-bond donors (Lipinski definition) is 5. The highest BCUT2D eigenvalue weighted by molar-refractivity contribution is 5.86. The van der Waals surface area contributed by atoms with Gasteiger partial charge in [-0.25, -0.2) is 14.5 Å². The number of halogens is 3. The number of aromatic nitrogens is 2. The lowest BCUT2D eigenvalue weighted by Gasteiger charge is -2.28. The van der Waals surface area contributed by atoms with Gasteiger partial charge in [0.2, 0.25) is 0 Å². The number of nitrogens with zero attached hydrogens (tertiary/aromatic N) is 3. The fourth-order valence-corrected chi connectivity index (χ4v) is 2.93. The molecule has 11 nitrogen and oxygen atoms in total. The predicted molar refractivity (Wildman–Crippen MR) is 91.8 cm³/mol. The van der Waals surface area contributed by atoms with E-state index in [2.05, 4.69) is 4.98 Å². The molecule has 1 aromatic heterocycles. The highest BCUT2D eigenvalue weighted by atomic mass is 19.4. The van der Waals surface area contributed by atoms with Crippen molar-refractivity contribution in [3.63, 3.8) is 0 Å². The summed E-state index contributed by atoms with van der Waals surface area (Å²) in [7, 11) is 0. The Balaban J connectivity index is 1.93. The molecule has 1 fully saturated rings. The first kappa shape index (κ1) is 21.5. The van der Waals surface area contributed by atoms with E-state index in [9.17, 15) is 38.1 Å². The second-order valence-corrected chi connectivity index (χ2v) is 6.21. The van der Waals surface area contributed by atoms with Crippen molar-refractivity contribution >= 4 is 17.6 Å². The maximum absolute atomic E-state index is 12.7. The third-order valence-corrected chi connectivity index (χ3v) is 4.37. The monoisotopic (exact) mass is 432 g/mol. The van der Waals surface area contributed by atoms with Crippen LogP contribution in [-0.2, 0) is 10.9 Å². The van der Waals surface area contributed by atoms with Gasteiger partial charge in [0.25, 0.3) is 0 Å². The van der Waals surface area contributed by atoms with Crippen LogP contribution in [0.5, 0.6) is 0 Å². The van der Waals surface area contributed by atoms with Crippen molar-refractivity contribution in [3.8, 4) is 0 Å². The summed E-state index contributed by atoms with van der Waals surface area (Å²) in [6.45, 7) is 0. The topological polar surface area (TPSA) is 157 Å². The number of amides is 1. The van der Waals surface area contributed by atoms with Crippen LogP contribution in [0.15, 0.2) is 41.3 Å². The van der Waals surface area contributed by atoms with Gasteiger partial charge in [-0.15, -0.1) is 0 Å². The van der Waals surface area contributed by atoms with Crippen LogP contribution in [-0.4, -0.2) is 54.6 Å². The molecular weight excluding hydrogens is 417 g/mol. The summed E-state index contributed by atoms with van der Waals surface area (Å²) in [5.41, 5.74) is -0.639. The number of anilines is 2. The van der Waals surface area contributed by atoms with Crippen molar-refractivity contribution in [2.75, 3.05) is 10.4 Å². The normalized spacial score (nSPS) is 23.9. The van der Waals surface area contributed by atoms with Crippen molar-refractivity contribution in [3.05, 3.63) is 52.6 Å². The summed E-state index contributed by atoms with van der Waals surface area (Å²) >= 11 is 0. The fourth-order valence-electron chi connectivity index (χ4n) is 2.93. The summed E-state index contributed by atoms with van der Waals surface area (Å²) in [6.07, 6.45) is -12.2. The SMILES string of the molecule is O=C(O)N(c1ccc(C(F)(F)F)cc1)[C@@H]1O[C@@H](n2ccc(NO)nc2=O)[C@H](O)[C@@H]1O. The molecule has 0 saturated carbocycles. The minimum absolute atomic E-state index is 0.210. The third kappa shape index (κ3) is 3.93. The van der Waals surface area contributed by atoms with Gasteiger partial charge in [-0.1, -0.05) is 0 Å². The molecule has 162 valence electrons. The van der Waals surface area contributed by atoms with Gasteiger partial charge in [0.15, 0.2) is 18.3 Å². The first-order valence-electron chi connectivity index (χ1n) is 8.25. The Hall–Kier alpha value is -3.20. The Morgan fingerprint density at radius 2 is 1.80 bits per heavy atom. The smallest absolute Gasteiger partial charge is 0.416 e. The van der Waals surface area contributed by atoms with E-state index in [0.717, 1.165) is 29.0 Å². The maximum Gasteiger partial charge on any atom is 0.416 e. The zero-order chi connectivity index (χ0) is 22.2. The van der Waals surface area contributed by atoms with Gasteiger partial charge in [-0.05, 0) is 30.3 Å². The van der Waals surface area contributed by atoms with Crippen LogP contribution in [0, 0.1) is 0 Å². The van der Waals surface area contributed by atoms with Crippen LogP contribution < -0.4 is 16.1 Å². The van der Waals surface area contributed by atoms with E-state index in [1.807, 2.05) is 0 Å². The van der Waals surface area contributed by atoms with E-state index in [1.165, 1.54) is 0 Å². The second kappa shape index (κ2) is 7.91. The molecule has 30 heavy (non-hydrogen) atoms. The van der Waals surface area contributed by atoms with E-state index in [4.69, 9.17) is 9.94 Å². The van der Waals surface area contributed by atoms with E-state index in [0.29, 0.717) is 17.0 Å². The summed E-state index contributed by atoms with van der Waals surface area (Å²) in [4.78, 5) is 27.6. The first-order chi connectivity index (χ1) is 14.0. The van der Waals surface area contributed by atoms with Gasteiger partial charge in [-0.2, -0.15) is 18.2 Å². The van der Waals surface area contributed by atoms with Gasteiger partial charge in [-0.3, -0.25) is 15.3 Å². The molecule has 1 aliphatic rings. The molecular formula is C16H15F3N4O7. The number of benzene rings is 1. The van der Waals surface area contributed by atoms with E-state index >= 15 is 0 Å². The zero-order valence-electron chi connectivity index (χ0n) is 14.8. The maximum atomic E-state index is 12.7. The van der Waals surface area contributed by atoms with Gasteiger partial charge in [0.1, 0.15) is 12.2 Å². The first-order valence-corrected chi connectivity index (χ1v) is 8.25. The molecule has 1 amide bonds. The van der Waals surface area contributed by atoms with Gasteiger partial charge >= 0.3 is 18.0 Å². The number of nitrogens with one attached hydrogen (secondary N) is 1. The lowest BCUT2D eigenvalue weighted by Crippen LogP contribution is -2.47. The molecule has 0 bridgehead atoms. The van der Waals surface area contributed by atoms with Crippen molar-refractivity contribution in [1.82, 2.24) is 9.55 Å². The molecule has 2 aromatic rings. The summed E-state index contributed by atoms with van der Waals surface area (Å²) in [5.74, 6) is -0.210. The number of carboxylic acid groups (broad SMARTS) is 1. The van der Waals surface area contributed by atoms with Crippen LogP contribution in [0.3, 0.4) is 0 Å². The van der Waals surface area contributed by atoms with Crippen LogP contribution in [0.2, 0.25) is 0 Å². The number of aliphatic hydroxyl groups excluding tert-OH is 2. The minimum Gasteiger partial charge on any atom is -0.465 e. The summed E-state index contributed by atoms with van der Waals surface area (Å²) in [5, 5.41) is 38.8. The highest BCUT2D eigenvalue weighted by Gasteiger charge is 2.49. The highest BCUT2D eigenvalue weighted by Crippen LogP contribution is 2.35. The molecule has 5 N–H and O–H groups in total. The van der Waals surface area contributed by atoms with Crippen LogP contribution >= 0.6 is 0 Å². The van der Waals surface area contributed by atoms with Crippen molar-refractivity contribution in [2.24, 2.45) is 0 Å². The average Bonchev–Trinajstić information content (AvgIpc) is 2.96. The number of alkyl halides is 3. The molecule has 1 aliphatic heterocycles. The van der Waals surface area contributed by atoms with Crippen molar-refractivity contribution < 1.29 is 43.2 Å². The summed E-state index contributed by atoms with van der Waals surface area (Å²) < 4.78 is 44.3. The predicted octanol–water partition coefficient (Wildman–Crippen LogP) is 0.824. The van der Waals surface area contributed by atoms with Crippen molar-refractivity contribution in [1.29, 1.82) is 0 Å². The Labute approximate surface area is 165 Å². The number of hydrogen-bond acceptors (Lipinski definition) is 8. The van der Waals surface area contributed by atoms with E-state index in [1.54, 1.807) is 5.48 Å². The molecule has 3 rings (SSSR count). The number of rotatable bonds is 4. The lowest BCUT2D eigenvalue weighted by atomic mass is 10.1. The largest absolute Gasteiger partial charge is 0.465 e. The Kier molecular flexibility index (Phi) is 5.67. The molecule has 0 spiro atoms. The van der Waals surface area contributed by atoms with Crippen molar-refractivity contribution in [2.45, 2.75) is 30.8 Å². The van der Waals surface area contributed by atoms with Gasteiger partial charge in [0, 0.05) is 11.9 Å². The summed E-state index contributed by atoms with van der Waals surface area (Å²) in [6, 6.07) is 4.16. The lowest BCUT2D eigenvalue weighted by molar-refractivity contribution is -0.137. The molecule has 2 heterocycles. The minimum atomic E-state index is -4.64. The van der Waals surface area contributed by atoms with Crippen LogP contribution in [0.25, 0.3) is 0 Å². The van der Waals surface area contributed by atoms with E-state index in [-0.39, 0.29) is 11.5 Å². The molecule has 4 atom stereocenters. The van der Waals surface area contributed by atoms with Gasteiger partial charge < -0.3 is 20.1 Å². The molecule has 1 saturated heterocycles. The Morgan fingerprint density at radius 1 is 1.17 bits per heavy atom. The molecule has 0 unspecified atom stereocenters. The molecule has 0 radical (unpaired) electrons. The third-order valence-electron chi connectivity index (χ3n) is 4.37. The number of aliphatic hydroxyl groups is 2.